The second-order valence-corrected chi connectivity index (χ2v) is 5.38. The highest BCUT2D eigenvalue weighted by molar-refractivity contribution is 6.33. The lowest BCUT2D eigenvalue weighted by molar-refractivity contribution is 1.08. The van der Waals surface area contributed by atoms with Crippen LogP contribution in [0.2, 0.25) is 5.02 Å². The standard InChI is InChI=1S/C18H15ClN4/c1-13-11-17(14-7-3-2-4-8-14)22-18(21-13)23-20-12-15-9-5-6-10-16(15)19/h2-12H,1H3,(H,21,22,23)/b20-12-. The Bertz CT molecular complexity index is 831. The van der Waals surface area contributed by atoms with Crippen LogP contribution >= 0.6 is 11.6 Å². The zero-order chi connectivity index (χ0) is 16.1. The molecule has 0 aliphatic heterocycles. The van der Waals surface area contributed by atoms with Crippen LogP contribution in [0.4, 0.5) is 5.95 Å². The van der Waals surface area contributed by atoms with Crippen LogP contribution in [0.3, 0.4) is 0 Å². The predicted molar refractivity (Wildman–Crippen MR) is 94.9 cm³/mol. The molecule has 0 amide bonds. The molecule has 0 aliphatic carbocycles. The Hall–Kier alpha value is -2.72. The van der Waals surface area contributed by atoms with Crippen LogP contribution in [0.15, 0.2) is 65.8 Å². The van der Waals surface area contributed by atoms with Crippen molar-refractivity contribution in [2.75, 3.05) is 5.43 Å². The number of rotatable bonds is 4. The maximum atomic E-state index is 6.09. The molecule has 3 rings (SSSR count). The lowest BCUT2D eigenvalue weighted by atomic mass is 10.1. The molecule has 1 heterocycles. The van der Waals surface area contributed by atoms with Crippen LogP contribution in [0.1, 0.15) is 11.3 Å². The molecule has 0 bridgehead atoms. The molecule has 0 saturated carbocycles. The number of aromatic nitrogens is 2. The minimum Gasteiger partial charge on any atom is -0.245 e. The summed E-state index contributed by atoms with van der Waals surface area (Å²) in [6, 6.07) is 19.4. The number of hydrazone groups is 1. The highest BCUT2D eigenvalue weighted by atomic mass is 35.5. The number of nitrogens with zero attached hydrogens (tertiary/aromatic N) is 3. The molecule has 0 spiro atoms. The molecule has 1 N–H and O–H groups in total. The average Bonchev–Trinajstić information content (AvgIpc) is 2.57. The van der Waals surface area contributed by atoms with Crippen molar-refractivity contribution in [1.29, 1.82) is 0 Å². The van der Waals surface area contributed by atoms with Crippen molar-refractivity contribution >= 4 is 23.8 Å². The Balaban J connectivity index is 1.81. The first-order chi connectivity index (χ1) is 11.2. The molecule has 114 valence electrons. The van der Waals surface area contributed by atoms with E-state index in [1.54, 1.807) is 6.21 Å². The highest BCUT2D eigenvalue weighted by Gasteiger charge is 2.03. The number of benzene rings is 2. The lowest BCUT2D eigenvalue weighted by Crippen LogP contribution is -2.00. The third-order valence-electron chi connectivity index (χ3n) is 3.20. The van der Waals surface area contributed by atoms with E-state index in [-0.39, 0.29) is 0 Å². The van der Waals surface area contributed by atoms with Crippen LogP contribution in [0.25, 0.3) is 11.3 Å². The van der Waals surface area contributed by atoms with E-state index < -0.39 is 0 Å². The summed E-state index contributed by atoms with van der Waals surface area (Å²) < 4.78 is 0. The second kappa shape index (κ2) is 7.03. The summed E-state index contributed by atoms with van der Waals surface area (Å²) in [5.74, 6) is 0.451. The number of hydrogen-bond donors (Lipinski definition) is 1. The van der Waals surface area contributed by atoms with Crippen LogP contribution in [0.5, 0.6) is 0 Å². The summed E-state index contributed by atoms with van der Waals surface area (Å²) in [7, 11) is 0. The quantitative estimate of drug-likeness (QED) is 0.566. The largest absolute Gasteiger partial charge is 0.245 e. The van der Waals surface area contributed by atoms with Gasteiger partial charge in [0.05, 0.1) is 11.9 Å². The van der Waals surface area contributed by atoms with Gasteiger partial charge in [0.15, 0.2) is 0 Å². The SMILES string of the molecule is Cc1cc(-c2ccccc2)nc(N/N=C\c2ccccc2Cl)n1. The molecule has 0 aliphatic rings. The van der Waals surface area contributed by atoms with E-state index in [4.69, 9.17) is 11.6 Å². The Morgan fingerprint density at radius 1 is 1.00 bits per heavy atom. The first-order valence-corrected chi connectivity index (χ1v) is 7.55. The van der Waals surface area contributed by atoms with Crippen LogP contribution in [-0.2, 0) is 0 Å². The van der Waals surface area contributed by atoms with Crippen molar-refractivity contribution in [3.05, 3.63) is 76.9 Å². The van der Waals surface area contributed by atoms with Gasteiger partial charge in [-0.2, -0.15) is 5.10 Å². The van der Waals surface area contributed by atoms with Gasteiger partial charge < -0.3 is 0 Å². The fourth-order valence-corrected chi connectivity index (χ4v) is 2.30. The van der Waals surface area contributed by atoms with E-state index in [1.807, 2.05) is 67.6 Å². The molecule has 23 heavy (non-hydrogen) atoms. The summed E-state index contributed by atoms with van der Waals surface area (Å²) in [5.41, 5.74) is 6.45. The number of anilines is 1. The molecular formula is C18H15ClN4. The van der Waals surface area contributed by atoms with E-state index >= 15 is 0 Å². The van der Waals surface area contributed by atoms with Gasteiger partial charge in [-0.1, -0.05) is 60.1 Å². The molecule has 0 atom stereocenters. The average molecular weight is 323 g/mol. The van der Waals surface area contributed by atoms with Crippen LogP contribution in [-0.4, -0.2) is 16.2 Å². The molecule has 5 heteroatoms. The summed E-state index contributed by atoms with van der Waals surface area (Å²) in [6.45, 7) is 1.93. The van der Waals surface area contributed by atoms with Gasteiger partial charge in [-0.25, -0.2) is 15.4 Å². The molecule has 0 unspecified atom stereocenters. The number of halogens is 1. The van der Waals surface area contributed by atoms with E-state index in [0.29, 0.717) is 11.0 Å². The van der Waals surface area contributed by atoms with Crippen molar-refractivity contribution in [1.82, 2.24) is 9.97 Å². The van der Waals surface area contributed by atoms with Gasteiger partial charge in [0.25, 0.3) is 0 Å². The van der Waals surface area contributed by atoms with Crippen molar-refractivity contribution in [3.8, 4) is 11.3 Å². The highest BCUT2D eigenvalue weighted by Crippen LogP contribution is 2.18. The van der Waals surface area contributed by atoms with E-state index in [1.165, 1.54) is 0 Å². The third kappa shape index (κ3) is 3.93. The maximum absolute atomic E-state index is 6.09. The maximum Gasteiger partial charge on any atom is 0.244 e. The van der Waals surface area contributed by atoms with Crippen LogP contribution in [0, 0.1) is 6.92 Å². The molecule has 0 radical (unpaired) electrons. The van der Waals surface area contributed by atoms with Gasteiger partial charge >= 0.3 is 0 Å². The zero-order valence-electron chi connectivity index (χ0n) is 12.6. The van der Waals surface area contributed by atoms with Crippen molar-refractivity contribution in [3.63, 3.8) is 0 Å². The first kappa shape index (κ1) is 15.2. The second-order valence-electron chi connectivity index (χ2n) is 4.98. The first-order valence-electron chi connectivity index (χ1n) is 7.17. The molecule has 0 saturated heterocycles. The van der Waals surface area contributed by atoms with E-state index in [0.717, 1.165) is 22.5 Å². The third-order valence-corrected chi connectivity index (χ3v) is 3.54. The van der Waals surface area contributed by atoms with Crippen molar-refractivity contribution in [2.24, 2.45) is 5.10 Å². The fourth-order valence-electron chi connectivity index (χ4n) is 2.11. The minimum atomic E-state index is 0.451. The molecule has 4 nitrogen and oxygen atoms in total. The van der Waals surface area contributed by atoms with E-state index in [2.05, 4.69) is 20.5 Å². The minimum absolute atomic E-state index is 0.451. The molecule has 2 aromatic carbocycles. The van der Waals surface area contributed by atoms with Gasteiger partial charge in [0, 0.05) is 21.8 Å². The topological polar surface area (TPSA) is 50.2 Å². The monoisotopic (exact) mass is 322 g/mol. The van der Waals surface area contributed by atoms with Crippen molar-refractivity contribution in [2.45, 2.75) is 6.92 Å². The molecule has 3 aromatic rings. The summed E-state index contributed by atoms with van der Waals surface area (Å²) >= 11 is 6.09. The van der Waals surface area contributed by atoms with Gasteiger partial charge in [0.2, 0.25) is 5.95 Å². The Morgan fingerprint density at radius 3 is 2.52 bits per heavy atom. The zero-order valence-corrected chi connectivity index (χ0v) is 13.3. The molecular weight excluding hydrogens is 308 g/mol. The number of nitrogens with one attached hydrogen (secondary N) is 1. The Labute approximate surface area is 139 Å². The van der Waals surface area contributed by atoms with Crippen molar-refractivity contribution < 1.29 is 0 Å². The lowest BCUT2D eigenvalue weighted by Gasteiger charge is -2.05. The summed E-state index contributed by atoms with van der Waals surface area (Å²) in [5, 5.41) is 4.81. The number of hydrogen-bond acceptors (Lipinski definition) is 4. The van der Waals surface area contributed by atoms with Gasteiger partial charge in [-0.05, 0) is 19.1 Å². The van der Waals surface area contributed by atoms with Gasteiger partial charge in [-0.3, -0.25) is 0 Å². The summed E-state index contributed by atoms with van der Waals surface area (Å²) in [4.78, 5) is 8.83. The van der Waals surface area contributed by atoms with Gasteiger partial charge in [0.1, 0.15) is 0 Å². The molecule has 0 fully saturated rings. The van der Waals surface area contributed by atoms with E-state index in [9.17, 15) is 0 Å². The Kier molecular flexibility index (Phi) is 4.64. The normalized spacial score (nSPS) is 10.9. The smallest absolute Gasteiger partial charge is 0.244 e. The van der Waals surface area contributed by atoms with Gasteiger partial charge in [-0.15, -0.1) is 0 Å². The Morgan fingerprint density at radius 2 is 1.74 bits per heavy atom. The molecule has 1 aromatic heterocycles. The van der Waals surface area contributed by atoms with Crippen LogP contribution < -0.4 is 5.43 Å². The fraction of sp³-hybridized carbons (Fsp3) is 0.0556. The number of aryl methyl sites for hydroxylation is 1. The predicted octanol–water partition coefficient (Wildman–Crippen LogP) is 4.55. The summed E-state index contributed by atoms with van der Waals surface area (Å²) in [6.07, 6.45) is 1.65.